The van der Waals surface area contributed by atoms with E-state index in [-0.39, 0.29) is 6.29 Å². The second-order valence-electron chi connectivity index (χ2n) is 3.83. The summed E-state index contributed by atoms with van der Waals surface area (Å²) in [6.45, 7) is 3.28. The van der Waals surface area contributed by atoms with Gasteiger partial charge in [0.2, 0.25) is 0 Å². The van der Waals surface area contributed by atoms with Crippen molar-refractivity contribution in [3.05, 3.63) is 0 Å². The molecule has 0 aromatic heterocycles. The van der Waals surface area contributed by atoms with Gasteiger partial charge in [-0.05, 0) is 25.3 Å². The number of nitrogens with zero attached hydrogens (tertiary/aromatic N) is 1. The predicted molar refractivity (Wildman–Crippen MR) is 54.1 cm³/mol. The molecule has 1 aliphatic heterocycles. The Morgan fingerprint density at radius 3 is 2.71 bits per heavy atom. The van der Waals surface area contributed by atoms with E-state index in [1.165, 1.54) is 6.42 Å². The Morgan fingerprint density at radius 1 is 1.43 bits per heavy atom. The van der Waals surface area contributed by atoms with Crippen molar-refractivity contribution in [2.75, 3.05) is 40.5 Å². The van der Waals surface area contributed by atoms with E-state index in [1.807, 2.05) is 0 Å². The third kappa shape index (κ3) is 3.53. The second kappa shape index (κ2) is 6.35. The van der Waals surface area contributed by atoms with Crippen LogP contribution in [0.25, 0.3) is 0 Å². The summed E-state index contributed by atoms with van der Waals surface area (Å²) in [6, 6.07) is 0. The summed E-state index contributed by atoms with van der Waals surface area (Å²) in [5.41, 5.74) is 0. The van der Waals surface area contributed by atoms with E-state index < -0.39 is 0 Å². The van der Waals surface area contributed by atoms with Crippen LogP contribution in [0, 0.1) is 5.92 Å². The topological polar surface area (TPSA) is 41.9 Å². The first-order chi connectivity index (χ1) is 6.80. The number of aliphatic hydroxyl groups excluding tert-OH is 1. The first-order valence-corrected chi connectivity index (χ1v) is 5.19. The zero-order valence-electron chi connectivity index (χ0n) is 9.11. The van der Waals surface area contributed by atoms with Gasteiger partial charge in [-0.1, -0.05) is 0 Å². The van der Waals surface area contributed by atoms with Crippen LogP contribution in [0.5, 0.6) is 0 Å². The summed E-state index contributed by atoms with van der Waals surface area (Å²) >= 11 is 0. The van der Waals surface area contributed by atoms with Gasteiger partial charge in [-0.3, -0.25) is 4.90 Å². The minimum atomic E-state index is -0.122. The fourth-order valence-corrected chi connectivity index (χ4v) is 1.95. The van der Waals surface area contributed by atoms with Gasteiger partial charge in [0, 0.05) is 33.9 Å². The van der Waals surface area contributed by atoms with Gasteiger partial charge in [0.1, 0.15) is 0 Å². The van der Waals surface area contributed by atoms with Gasteiger partial charge in [0.05, 0.1) is 0 Å². The van der Waals surface area contributed by atoms with Crippen molar-refractivity contribution in [1.82, 2.24) is 4.90 Å². The summed E-state index contributed by atoms with van der Waals surface area (Å²) in [6.07, 6.45) is 1.98. The maximum Gasteiger partial charge on any atom is 0.169 e. The molecule has 1 rings (SSSR count). The van der Waals surface area contributed by atoms with E-state index in [0.717, 1.165) is 26.1 Å². The van der Waals surface area contributed by atoms with Crippen LogP contribution in [0.3, 0.4) is 0 Å². The van der Waals surface area contributed by atoms with Gasteiger partial charge in [-0.15, -0.1) is 0 Å². The van der Waals surface area contributed by atoms with E-state index in [0.29, 0.717) is 12.5 Å². The lowest BCUT2D eigenvalue weighted by molar-refractivity contribution is -0.114. The number of hydrogen-bond donors (Lipinski definition) is 1. The molecule has 0 aromatic carbocycles. The summed E-state index contributed by atoms with van der Waals surface area (Å²) in [4.78, 5) is 2.33. The molecular formula is C10H21NO3. The highest BCUT2D eigenvalue weighted by atomic mass is 16.7. The van der Waals surface area contributed by atoms with Crippen LogP contribution in [-0.2, 0) is 9.47 Å². The molecule has 0 bridgehead atoms. The van der Waals surface area contributed by atoms with Gasteiger partial charge in [-0.2, -0.15) is 0 Å². The standard InChI is InChI=1S/C10H21NO3/c1-13-10(14-2)8-11-5-3-9(7-11)4-6-12/h9-10,12H,3-8H2,1-2H3. The highest BCUT2D eigenvalue weighted by molar-refractivity contribution is 4.75. The molecule has 1 saturated heterocycles. The molecule has 4 nitrogen and oxygen atoms in total. The molecule has 1 unspecified atom stereocenters. The second-order valence-corrected chi connectivity index (χ2v) is 3.83. The highest BCUT2D eigenvalue weighted by Crippen LogP contribution is 2.19. The molecule has 0 radical (unpaired) electrons. The number of aliphatic hydroxyl groups is 1. The largest absolute Gasteiger partial charge is 0.396 e. The molecule has 1 aliphatic rings. The highest BCUT2D eigenvalue weighted by Gasteiger charge is 2.23. The molecule has 0 aromatic rings. The Morgan fingerprint density at radius 2 is 2.14 bits per heavy atom. The lowest BCUT2D eigenvalue weighted by atomic mass is 10.1. The first kappa shape index (κ1) is 11.9. The SMILES string of the molecule is COC(CN1CCC(CCO)C1)OC. The van der Waals surface area contributed by atoms with Crippen molar-refractivity contribution in [3.8, 4) is 0 Å². The van der Waals surface area contributed by atoms with Crippen molar-refractivity contribution < 1.29 is 14.6 Å². The number of hydrogen-bond acceptors (Lipinski definition) is 4. The van der Waals surface area contributed by atoms with E-state index in [9.17, 15) is 0 Å². The molecule has 4 heteroatoms. The normalized spacial score (nSPS) is 23.6. The summed E-state index contributed by atoms with van der Waals surface area (Å²) in [7, 11) is 3.32. The maximum atomic E-state index is 8.82. The minimum absolute atomic E-state index is 0.122. The Hall–Kier alpha value is -0.160. The van der Waals surface area contributed by atoms with Crippen molar-refractivity contribution in [1.29, 1.82) is 0 Å². The smallest absolute Gasteiger partial charge is 0.169 e. The summed E-state index contributed by atoms with van der Waals surface area (Å²) < 4.78 is 10.3. The average molecular weight is 203 g/mol. The number of likely N-dealkylation sites (tertiary alicyclic amines) is 1. The first-order valence-electron chi connectivity index (χ1n) is 5.19. The molecule has 0 saturated carbocycles. The third-order valence-electron chi connectivity index (χ3n) is 2.84. The Balaban J connectivity index is 2.21. The molecule has 1 atom stereocenters. The Bertz CT molecular complexity index is 150. The van der Waals surface area contributed by atoms with E-state index in [2.05, 4.69) is 4.90 Å². The molecule has 84 valence electrons. The minimum Gasteiger partial charge on any atom is -0.396 e. The Kier molecular flexibility index (Phi) is 5.40. The van der Waals surface area contributed by atoms with Gasteiger partial charge in [0.25, 0.3) is 0 Å². The van der Waals surface area contributed by atoms with Crippen LogP contribution in [-0.4, -0.2) is 56.8 Å². The van der Waals surface area contributed by atoms with Crippen molar-refractivity contribution in [2.24, 2.45) is 5.92 Å². The van der Waals surface area contributed by atoms with E-state index in [1.54, 1.807) is 14.2 Å². The maximum absolute atomic E-state index is 8.82. The van der Waals surface area contributed by atoms with E-state index >= 15 is 0 Å². The van der Waals surface area contributed by atoms with Crippen molar-refractivity contribution in [2.45, 2.75) is 19.1 Å². The zero-order chi connectivity index (χ0) is 10.4. The predicted octanol–water partition coefficient (Wildman–Crippen LogP) is 0.310. The fraction of sp³-hybridized carbons (Fsp3) is 1.00. The number of ether oxygens (including phenoxy) is 2. The van der Waals surface area contributed by atoms with Gasteiger partial charge in [-0.25, -0.2) is 0 Å². The molecule has 0 aliphatic carbocycles. The molecular weight excluding hydrogens is 182 g/mol. The average Bonchev–Trinajstić information content (AvgIpc) is 2.63. The molecule has 1 N–H and O–H groups in total. The van der Waals surface area contributed by atoms with Crippen LogP contribution in [0.4, 0.5) is 0 Å². The summed E-state index contributed by atoms with van der Waals surface area (Å²) in [5, 5.41) is 8.82. The molecule has 0 amide bonds. The fourth-order valence-electron chi connectivity index (χ4n) is 1.95. The van der Waals surface area contributed by atoms with E-state index in [4.69, 9.17) is 14.6 Å². The number of methoxy groups -OCH3 is 2. The monoisotopic (exact) mass is 203 g/mol. The van der Waals surface area contributed by atoms with Crippen molar-refractivity contribution >= 4 is 0 Å². The molecule has 1 heterocycles. The lowest BCUT2D eigenvalue weighted by Crippen LogP contribution is -2.33. The number of rotatable bonds is 6. The van der Waals surface area contributed by atoms with Crippen LogP contribution < -0.4 is 0 Å². The quantitative estimate of drug-likeness (QED) is 0.631. The zero-order valence-corrected chi connectivity index (χ0v) is 9.11. The molecule has 0 spiro atoms. The van der Waals surface area contributed by atoms with Gasteiger partial charge in [0.15, 0.2) is 6.29 Å². The van der Waals surface area contributed by atoms with Crippen LogP contribution in [0.15, 0.2) is 0 Å². The van der Waals surface area contributed by atoms with Crippen LogP contribution >= 0.6 is 0 Å². The third-order valence-corrected chi connectivity index (χ3v) is 2.84. The Labute approximate surface area is 85.8 Å². The van der Waals surface area contributed by atoms with Crippen LogP contribution in [0.1, 0.15) is 12.8 Å². The van der Waals surface area contributed by atoms with Crippen LogP contribution in [0.2, 0.25) is 0 Å². The molecule has 14 heavy (non-hydrogen) atoms. The molecule has 1 fully saturated rings. The van der Waals surface area contributed by atoms with Gasteiger partial charge >= 0.3 is 0 Å². The van der Waals surface area contributed by atoms with Gasteiger partial charge < -0.3 is 14.6 Å². The van der Waals surface area contributed by atoms with Crippen molar-refractivity contribution in [3.63, 3.8) is 0 Å². The lowest BCUT2D eigenvalue weighted by Gasteiger charge is -2.21. The summed E-state index contributed by atoms with van der Waals surface area (Å²) in [5.74, 6) is 0.648.